The third-order valence-corrected chi connectivity index (χ3v) is 8.86. The maximum absolute atomic E-state index is 10.7. The second kappa shape index (κ2) is 8.47. The Morgan fingerprint density at radius 2 is 0.900 bits per heavy atom. The molecule has 1 fully saturated rings. The number of hydrogen-bond donors (Lipinski definition) is 0. The van der Waals surface area contributed by atoms with Crippen LogP contribution in [-0.4, -0.2) is 9.13 Å². The molecule has 2 atom stereocenters. The number of hydrogen-bond acceptors (Lipinski definition) is 4. The smallest absolute Gasteiger partial charge is 0.195 e. The third-order valence-electron chi connectivity index (χ3n) is 8.86. The molecule has 0 saturated heterocycles. The van der Waals surface area contributed by atoms with Crippen LogP contribution >= 0.6 is 0 Å². The summed E-state index contributed by atoms with van der Waals surface area (Å²) in [7, 11) is 0. The lowest BCUT2D eigenvalue weighted by Crippen LogP contribution is -2.50. The molecule has 4 aromatic carbocycles. The van der Waals surface area contributed by atoms with Crippen molar-refractivity contribution in [3.05, 3.63) is 97.1 Å². The average Bonchev–Trinajstić information content (AvgIpc) is 3.53. The van der Waals surface area contributed by atoms with Crippen molar-refractivity contribution in [1.82, 2.24) is 9.13 Å². The summed E-state index contributed by atoms with van der Waals surface area (Å²) in [5.41, 5.74) is -0.00602. The number of para-hydroxylation sites is 4. The summed E-state index contributed by atoms with van der Waals surface area (Å²) in [4.78, 5) is 0. The van der Waals surface area contributed by atoms with Crippen LogP contribution in [0.5, 0.6) is 0 Å². The van der Waals surface area contributed by atoms with Crippen LogP contribution in [0.15, 0.2) is 97.1 Å². The summed E-state index contributed by atoms with van der Waals surface area (Å²) in [5.74, 6) is 0. The van der Waals surface area contributed by atoms with Crippen molar-refractivity contribution in [2.24, 2.45) is 10.8 Å². The number of fused-ring (bicyclic) bond motifs is 6. The van der Waals surface area contributed by atoms with Gasteiger partial charge in [0.2, 0.25) is 0 Å². The standard InChI is InChI=1S/C34H22N6/c35-19-33(20-36)18-23(39-28-13-5-1-9-24(28)25-10-2-6-14-29(25)39)17-32(34(33,21-37)22-38)40-30-15-7-3-11-26(30)27-12-4-8-16-31(27)40/h1-16,23,32H,17-18H2/t23-,32+/m1/s1. The van der Waals surface area contributed by atoms with Crippen molar-refractivity contribution >= 4 is 43.6 Å². The minimum Gasteiger partial charge on any atom is -0.337 e. The summed E-state index contributed by atoms with van der Waals surface area (Å²) < 4.78 is 4.26. The highest BCUT2D eigenvalue weighted by Gasteiger charge is 2.64. The molecule has 1 saturated carbocycles. The molecule has 0 amide bonds. The summed E-state index contributed by atoms with van der Waals surface area (Å²) in [6, 6.07) is 39.9. The second-order valence-electron chi connectivity index (χ2n) is 10.6. The Hall–Kier alpha value is -5.56. The molecule has 0 aliphatic heterocycles. The van der Waals surface area contributed by atoms with E-state index in [4.69, 9.17) is 0 Å². The summed E-state index contributed by atoms with van der Waals surface area (Å²) in [6.07, 6.45) is 0.467. The second-order valence-corrected chi connectivity index (χ2v) is 10.6. The molecule has 6 heteroatoms. The van der Waals surface area contributed by atoms with Crippen LogP contribution in [0.4, 0.5) is 0 Å². The highest BCUT2D eigenvalue weighted by molar-refractivity contribution is 6.09. The normalized spacial score (nSPS) is 19.6. The Labute approximate surface area is 230 Å². The van der Waals surface area contributed by atoms with E-state index in [-0.39, 0.29) is 12.5 Å². The van der Waals surface area contributed by atoms with Gasteiger partial charge in [0.1, 0.15) is 0 Å². The van der Waals surface area contributed by atoms with E-state index in [1.165, 1.54) is 0 Å². The fraction of sp³-hybridized carbons (Fsp3) is 0.176. The van der Waals surface area contributed by atoms with Gasteiger partial charge in [-0.2, -0.15) is 21.0 Å². The molecular weight excluding hydrogens is 492 g/mol. The molecule has 1 aliphatic rings. The molecule has 1 aliphatic carbocycles. The molecule has 0 unspecified atom stereocenters. The lowest BCUT2D eigenvalue weighted by molar-refractivity contribution is 0.0938. The fourth-order valence-electron chi connectivity index (χ4n) is 7.10. The first kappa shape index (κ1) is 23.5. The lowest BCUT2D eigenvalue weighted by Gasteiger charge is -2.46. The summed E-state index contributed by atoms with van der Waals surface area (Å²) in [6.45, 7) is 0. The van der Waals surface area contributed by atoms with Gasteiger partial charge in [0.05, 0.1) is 30.3 Å². The zero-order chi connectivity index (χ0) is 27.5. The number of nitriles is 4. The minimum absolute atomic E-state index is 0.0669. The third kappa shape index (κ3) is 2.83. The average molecular weight is 515 g/mol. The van der Waals surface area contributed by atoms with Gasteiger partial charge >= 0.3 is 0 Å². The van der Waals surface area contributed by atoms with Gasteiger partial charge in [-0.1, -0.05) is 72.8 Å². The zero-order valence-electron chi connectivity index (χ0n) is 21.5. The number of aromatic nitrogens is 2. The van der Waals surface area contributed by atoms with E-state index in [0.717, 1.165) is 43.6 Å². The van der Waals surface area contributed by atoms with Crippen LogP contribution in [0.3, 0.4) is 0 Å². The van der Waals surface area contributed by atoms with E-state index in [1.807, 2.05) is 77.4 Å². The monoisotopic (exact) mass is 514 g/mol. The van der Waals surface area contributed by atoms with Crippen LogP contribution in [-0.2, 0) is 0 Å². The predicted molar refractivity (Wildman–Crippen MR) is 154 cm³/mol. The number of benzene rings is 4. The Kier molecular flexibility index (Phi) is 4.99. The topological polar surface area (TPSA) is 105 Å². The molecule has 188 valence electrons. The molecule has 40 heavy (non-hydrogen) atoms. The van der Waals surface area contributed by atoms with Crippen molar-refractivity contribution in [3.8, 4) is 24.3 Å². The largest absolute Gasteiger partial charge is 0.337 e. The molecule has 0 radical (unpaired) electrons. The minimum atomic E-state index is -1.89. The molecule has 6 nitrogen and oxygen atoms in total. The number of rotatable bonds is 2. The molecule has 6 aromatic rings. The predicted octanol–water partition coefficient (Wildman–Crippen LogP) is 7.55. The van der Waals surface area contributed by atoms with Gasteiger partial charge < -0.3 is 9.13 Å². The van der Waals surface area contributed by atoms with Gasteiger partial charge in [0, 0.05) is 56.1 Å². The van der Waals surface area contributed by atoms with E-state index in [1.54, 1.807) is 0 Å². The maximum Gasteiger partial charge on any atom is 0.195 e. The van der Waals surface area contributed by atoms with Crippen LogP contribution in [0.1, 0.15) is 24.9 Å². The quantitative estimate of drug-likeness (QED) is 0.238. The van der Waals surface area contributed by atoms with Gasteiger partial charge in [-0.25, -0.2) is 0 Å². The summed E-state index contributed by atoms with van der Waals surface area (Å²) in [5, 5.41) is 46.9. The van der Waals surface area contributed by atoms with Gasteiger partial charge in [-0.3, -0.25) is 0 Å². The molecule has 0 N–H and O–H groups in total. The maximum atomic E-state index is 10.7. The van der Waals surface area contributed by atoms with Crippen molar-refractivity contribution in [3.63, 3.8) is 0 Å². The first-order valence-corrected chi connectivity index (χ1v) is 13.2. The van der Waals surface area contributed by atoms with Gasteiger partial charge in [0.15, 0.2) is 10.8 Å². The van der Waals surface area contributed by atoms with Crippen LogP contribution in [0.2, 0.25) is 0 Å². The Bertz CT molecular complexity index is 2020. The Morgan fingerprint density at radius 3 is 1.27 bits per heavy atom. The van der Waals surface area contributed by atoms with E-state index in [0.29, 0.717) is 6.42 Å². The lowest BCUT2D eigenvalue weighted by atomic mass is 9.54. The molecule has 0 bridgehead atoms. The molecular formula is C34H22N6. The van der Waals surface area contributed by atoms with Crippen LogP contribution < -0.4 is 0 Å². The molecule has 0 spiro atoms. The van der Waals surface area contributed by atoms with E-state index < -0.39 is 16.9 Å². The fourth-order valence-corrected chi connectivity index (χ4v) is 7.10. The highest BCUT2D eigenvalue weighted by Crippen LogP contribution is 2.60. The van der Waals surface area contributed by atoms with Crippen LogP contribution in [0, 0.1) is 56.2 Å². The highest BCUT2D eigenvalue weighted by atomic mass is 15.1. The SMILES string of the molecule is N#CC1(C#N)C[C@H](n2c3ccccc3c3ccccc32)C[C@H](n2c3ccccc3c3ccccc32)C1(C#N)C#N. The van der Waals surface area contributed by atoms with E-state index in [9.17, 15) is 21.0 Å². The van der Waals surface area contributed by atoms with Crippen molar-refractivity contribution in [1.29, 1.82) is 21.0 Å². The van der Waals surface area contributed by atoms with E-state index in [2.05, 4.69) is 53.1 Å². The van der Waals surface area contributed by atoms with Crippen molar-refractivity contribution < 1.29 is 0 Å². The van der Waals surface area contributed by atoms with Crippen LogP contribution in [0.25, 0.3) is 43.6 Å². The van der Waals surface area contributed by atoms with Gasteiger partial charge in [-0.05, 0) is 30.7 Å². The van der Waals surface area contributed by atoms with E-state index >= 15 is 0 Å². The zero-order valence-corrected chi connectivity index (χ0v) is 21.5. The first-order valence-electron chi connectivity index (χ1n) is 13.2. The molecule has 2 aromatic heterocycles. The summed E-state index contributed by atoms with van der Waals surface area (Å²) >= 11 is 0. The molecule has 7 rings (SSSR count). The number of nitrogens with zero attached hydrogens (tertiary/aromatic N) is 6. The molecule has 2 heterocycles. The van der Waals surface area contributed by atoms with Crippen molar-refractivity contribution in [2.75, 3.05) is 0 Å². The van der Waals surface area contributed by atoms with Gasteiger partial charge in [0.25, 0.3) is 0 Å². The Morgan fingerprint density at radius 1 is 0.525 bits per heavy atom. The van der Waals surface area contributed by atoms with Gasteiger partial charge in [-0.15, -0.1) is 0 Å². The first-order chi connectivity index (χ1) is 19.6. The van der Waals surface area contributed by atoms with Crippen molar-refractivity contribution in [2.45, 2.75) is 24.9 Å². The Balaban J connectivity index is 1.58.